The molecule has 1 saturated heterocycles. The fourth-order valence-corrected chi connectivity index (χ4v) is 2.42. The summed E-state index contributed by atoms with van der Waals surface area (Å²) in [6.07, 6.45) is 0. The van der Waals surface area contributed by atoms with E-state index in [2.05, 4.69) is 29.7 Å². The highest BCUT2D eigenvalue weighted by molar-refractivity contribution is 5.79. The molecule has 0 aromatic heterocycles. The Labute approximate surface area is 114 Å². The van der Waals surface area contributed by atoms with Crippen molar-refractivity contribution >= 4 is 5.91 Å². The lowest BCUT2D eigenvalue weighted by atomic mass is 10.0. The maximum atomic E-state index is 12.2. The fraction of sp³-hybridized carbons (Fsp3) is 0.533. The average molecular weight is 262 g/mol. The lowest BCUT2D eigenvalue weighted by Crippen LogP contribution is -2.43. The third-order valence-electron chi connectivity index (χ3n) is 3.43. The molecule has 1 aromatic carbocycles. The SMILES string of the molecule is CCNC1COCC1C(=O)NCc1cccc(C)c1. The van der Waals surface area contributed by atoms with Gasteiger partial charge in [0.1, 0.15) is 0 Å². The minimum absolute atomic E-state index is 0.0740. The summed E-state index contributed by atoms with van der Waals surface area (Å²) in [4.78, 5) is 12.2. The molecule has 1 amide bonds. The molecule has 104 valence electrons. The van der Waals surface area contributed by atoms with E-state index < -0.39 is 0 Å². The van der Waals surface area contributed by atoms with E-state index in [1.807, 2.05) is 19.1 Å². The number of likely N-dealkylation sites (N-methyl/N-ethyl adjacent to an activating group) is 1. The van der Waals surface area contributed by atoms with Crippen molar-refractivity contribution in [2.24, 2.45) is 5.92 Å². The Morgan fingerprint density at radius 1 is 1.42 bits per heavy atom. The summed E-state index contributed by atoms with van der Waals surface area (Å²) in [7, 11) is 0. The second kappa shape index (κ2) is 6.68. The molecule has 1 heterocycles. The fourth-order valence-electron chi connectivity index (χ4n) is 2.42. The molecular weight excluding hydrogens is 240 g/mol. The number of benzene rings is 1. The molecule has 1 aliphatic heterocycles. The molecule has 0 spiro atoms. The van der Waals surface area contributed by atoms with Crippen LogP contribution in [0.15, 0.2) is 24.3 Å². The first-order valence-electron chi connectivity index (χ1n) is 6.85. The van der Waals surface area contributed by atoms with Gasteiger partial charge in [0, 0.05) is 12.6 Å². The number of hydrogen-bond donors (Lipinski definition) is 2. The second-order valence-electron chi connectivity index (χ2n) is 5.01. The molecule has 0 aliphatic carbocycles. The van der Waals surface area contributed by atoms with E-state index in [0.29, 0.717) is 19.8 Å². The average Bonchev–Trinajstić information content (AvgIpc) is 2.85. The van der Waals surface area contributed by atoms with Crippen LogP contribution in [0.4, 0.5) is 0 Å². The summed E-state index contributed by atoms with van der Waals surface area (Å²) < 4.78 is 5.39. The van der Waals surface area contributed by atoms with Gasteiger partial charge in [0.05, 0.1) is 19.1 Å². The van der Waals surface area contributed by atoms with E-state index in [1.165, 1.54) is 5.56 Å². The number of carbonyl (C=O) groups excluding carboxylic acids is 1. The lowest BCUT2D eigenvalue weighted by molar-refractivity contribution is -0.125. The van der Waals surface area contributed by atoms with Gasteiger partial charge < -0.3 is 15.4 Å². The third-order valence-corrected chi connectivity index (χ3v) is 3.43. The molecule has 1 aliphatic rings. The van der Waals surface area contributed by atoms with Crippen molar-refractivity contribution in [3.63, 3.8) is 0 Å². The van der Waals surface area contributed by atoms with Crippen molar-refractivity contribution in [2.75, 3.05) is 19.8 Å². The van der Waals surface area contributed by atoms with E-state index in [1.54, 1.807) is 0 Å². The quantitative estimate of drug-likeness (QED) is 0.839. The van der Waals surface area contributed by atoms with Crippen molar-refractivity contribution in [1.29, 1.82) is 0 Å². The first-order chi connectivity index (χ1) is 9.20. The topological polar surface area (TPSA) is 50.4 Å². The van der Waals surface area contributed by atoms with Gasteiger partial charge in [-0.2, -0.15) is 0 Å². The number of hydrogen-bond acceptors (Lipinski definition) is 3. The van der Waals surface area contributed by atoms with Gasteiger partial charge in [-0.1, -0.05) is 36.8 Å². The zero-order valence-corrected chi connectivity index (χ0v) is 11.6. The predicted molar refractivity (Wildman–Crippen MR) is 74.8 cm³/mol. The number of aryl methyl sites for hydroxylation is 1. The van der Waals surface area contributed by atoms with E-state index >= 15 is 0 Å². The van der Waals surface area contributed by atoms with Gasteiger partial charge in [0.15, 0.2) is 0 Å². The zero-order valence-electron chi connectivity index (χ0n) is 11.6. The van der Waals surface area contributed by atoms with Crippen LogP contribution >= 0.6 is 0 Å². The Hall–Kier alpha value is -1.39. The number of amides is 1. The molecule has 0 saturated carbocycles. The molecule has 2 unspecified atom stereocenters. The molecule has 2 rings (SSSR count). The Balaban J connectivity index is 1.87. The normalized spacial score (nSPS) is 22.4. The van der Waals surface area contributed by atoms with Gasteiger partial charge >= 0.3 is 0 Å². The van der Waals surface area contributed by atoms with Crippen LogP contribution in [0.1, 0.15) is 18.1 Å². The van der Waals surface area contributed by atoms with Crippen LogP contribution in [0.3, 0.4) is 0 Å². The molecule has 0 radical (unpaired) electrons. The smallest absolute Gasteiger partial charge is 0.227 e. The van der Waals surface area contributed by atoms with E-state index in [-0.39, 0.29) is 17.9 Å². The number of rotatable bonds is 5. The van der Waals surface area contributed by atoms with Crippen molar-refractivity contribution < 1.29 is 9.53 Å². The summed E-state index contributed by atoms with van der Waals surface area (Å²) >= 11 is 0. The summed E-state index contributed by atoms with van der Waals surface area (Å²) in [6, 6.07) is 8.32. The molecule has 4 nitrogen and oxygen atoms in total. The maximum absolute atomic E-state index is 12.2. The van der Waals surface area contributed by atoms with Crippen molar-refractivity contribution in [3.05, 3.63) is 35.4 Å². The molecule has 2 N–H and O–H groups in total. The van der Waals surface area contributed by atoms with Crippen LogP contribution in [0.25, 0.3) is 0 Å². The maximum Gasteiger partial charge on any atom is 0.227 e. The summed E-state index contributed by atoms with van der Waals surface area (Å²) in [6.45, 7) is 6.66. The van der Waals surface area contributed by atoms with Gasteiger partial charge in [0.25, 0.3) is 0 Å². The van der Waals surface area contributed by atoms with Gasteiger partial charge in [-0.25, -0.2) is 0 Å². The Kier molecular flexibility index (Phi) is 4.93. The summed E-state index contributed by atoms with van der Waals surface area (Å²) in [5.74, 6) is -0.00489. The van der Waals surface area contributed by atoms with Crippen molar-refractivity contribution in [2.45, 2.75) is 26.4 Å². The van der Waals surface area contributed by atoms with Crippen LogP contribution < -0.4 is 10.6 Å². The highest BCUT2D eigenvalue weighted by Crippen LogP contribution is 2.14. The van der Waals surface area contributed by atoms with Gasteiger partial charge in [-0.05, 0) is 19.0 Å². The molecule has 1 fully saturated rings. The number of nitrogens with one attached hydrogen (secondary N) is 2. The monoisotopic (exact) mass is 262 g/mol. The van der Waals surface area contributed by atoms with Crippen LogP contribution in [0, 0.1) is 12.8 Å². The van der Waals surface area contributed by atoms with E-state index in [4.69, 9.17) is 4.74 Å². The van der Waals surface area contributed by atoms with E-state index in [0.717, 1.165) is 12.1 Å². The minimum atomic E-state index is -0.0789. The molecule has 0 bridgehead atoms. The van der Waals surface area contributed by atoms with Crippen LogP contribution in [-0.4, -0.2) is 31.7 Å². The second-order valence-corrected chi connectivity index (χ2v) is 5.01. The van der Waals surface area contributed by atoms with Crippen LogP contribution in [0.2, 0.25) is 0 Å². The molecular formula is C15H22N2O2. The first kappa shape index (κ1) is 14.0. The van der Waals surface area contributed by atoms with Crippen LogP contribution in [0.5, 0.6) is 0 Å². The minimum Gasteiger partial charge on any atom is -0.379 e. The number of carbonyl (C=O) groups is 1. The first-order valence-corrected chi connectivity index (χ1v) is 6.85. The van der Waals surface area contributed by atoms with Crippen molar-refractivity contribution in [3.8, 4) is 0 Å². The standard InChI is InChI=1S/C15H22N2O2/c1-3-16-14-10-19-9-13(14)15(18)17-8-12-6-4-5-11(2)7-12/h4-7,13-14,16H,3,8-10H2,1-2H3,(H,17,18). The third kappa shape index (κ3) is 3.78. The van der Waals surface area contributed by atoms with Gasteiger partial charge in [0.2, 0.25) is 5.91 Å². The molecule has 19 heavy (non-hydrogen) atoms. The zero-order chi connectivity index (χ0) is 13.7. The van der Waals surface area contributed by atoms with Gasteiger partial charge in [-0.15, -0.1) is 0 Å². The van der Waals surface area contributed by atoms with E-state index in [9.17, 15) is 4.79 Å². The largest absolute Gasteiger partial charge is 0.379 e. The predicted octanol–water partition coefficient (Wildman–Crippen LogP) is 1.24. The Morgan fingerprint density at radius 2 is 2.26 bits per heavy atom. The highest BCUT2D eigenvalue weighted by atomic mass is 16.5. The van der Waals surface area contributed by atoms with Crippen LogP contribution in [-0.2, 0) is 16.1 Å². The van der Waals surface area contributed by atoms with Crippen molar-refractivity contribution in [1.82, 2.24) is 10.6 Å². The summed E-state index contributed by atoms with van der Waals surface area (Å²) in [5, 5.41) is 6.29. The molecule has 2 atom stereocenters. The van der Waals surface area contributed by atoms with Gasteiger partial charge in [-0.3, -0.25) is 4.79 Å². The highest BCUT2D eigenvalue weighted by Gasteiger charge is 2.33. The number of ether oxygens (including phenoxy) is 1. The Bertz CT molecular complexity index is 434. The molecule has 1 aromatic rings. The summed E-state index contributed by atoms with van der Waals surface area (Å²) in [5.41, 5.74) is 2.34. The molecule has 4 heteroatoms. The Morgan fingerprint density at radius 3 is 3.00 bits per heavy atom. The lowest BCUT2D eigenvalue weighted by Gasteiger charge is -2.17.